The number of nitrogens with zero attached hydrogens (tertiary/aromatic N) is 2. The van der Waals surface area contributed by atoms with Crippen LogP contribution in [0.5, 0.6) is 0 Å². The van der Waals surface area contributed by atoms with Crippen molar-refractivity contribution in [2.75, 3.05) is 14.2 Å². The molecule has 0 amide bonds. The molecular weight excluding hydrogens is 296 g/mol. The number of hydrogen-bond donors (Lipinski definition) is 2. The third-order valence-electron chi connectivity index (χ3n) is 6.14. The Morgan fingerprint density at radius 1 is 0.826 bits per heavy atom. The van der Waals surface area contributed by atoms with Gasteiger partial charge in [-0.25, -0.2) is 0 Å². The van der Waals surface area contributed by atoms with Gasteiger partial charge in [0.2, 0.25) is 0 Å². The summed E-state index contributed by atoms with van der Waals surface area (Å²) in [5, 5.41) is 25.5. The highest BCUT2D eigenvalue weighted by Crippen LogP contribution is 2.47. The van der Waals surface area contributed by atoms with E-state index in [-0.39, 0.29) is 17.6 Å². The molecule has 2 aliphatic rings. The Balaban J connectivity index is 2.09. The van der Waals surface area contributed by atoms with Gasteiger partial charge in [-0.3, -0.25) is 0 Å². The van der Waals surface area contributed by atoms with Gasteiger partial charge in [0.1, 0.15) is 0 Å². The van der Waals surface area contributed by atoms with E-state index in [9.17, 15) is 10.4 Å². The predicted molar refractivity (Wildman–Crippen MR) is 88.5 cm³/mol. The van der Waals surface area contributed by atoms with Crippen LogP contribution < -0.4 is 0 Å². The zero-order chi connectivity index (χ0) is 17.0. The minimum Gasteiger partial charge on any atom is -0.411 e. The SMILES string of the molecule is COC1CCC(C(C)(C)C2CCC(OC)C(=NO)C2)CC1=NO. The highest BCUT2D eigenvalue weighted by molar-refractivity contribution is 5.90. The molecule has 2 N–H and O–H groups in total. The van der Waals surface area contributed by atoms with Crippen molar-refractivity contribution in [3.05, 3.63) is 0 Å². The molecule has 2 rings (SSSR count). The lowest BCUT2D eigenvalue weighted by Gasteiger charge is -2.46. The Labute approximate surface area is 138 Å². The molecule has 0 spiro atoms. The van der Waals surface area contributed by atoms with Gasteiger partial charge in [0, 0.05) is 14.2 Å². The zero-order valence-corrected chi connectivity index (χ0v) is 14.7. The second kappa shape index (κ2) is 7.62. The van der Waals surface area contributed by atoms with E-state index < -0.39 is 0 Å². The van der Waals surface area contributed by atoms with Gasteiger partial charge in [0.05, 0.1) is 23.6 Å². The minimum absolute atomic E-state index is 0.0640. The van der Waals surface area contributed by atoms with Gasteiger partial charge < -0.3 is 19.9 Å². The molecule has 0 radical (unpaired) electrons. The van der Waals surface area contributed by atoms with Crippen LogP contribution in [0.2, 0.25) is 0 Å². The maximum absolute atomic E-state index is 9.27. The fourth-order valence-corrected chi connectivity index (χ4v) is 4.33. The molecule has 0 heterocycles. The van der Waals surface area contributed by atoms with Crippen molar-refractivity contribution in [1.29, 1.82) is 0 Å². The van der Waals surface area contributed by atoms with Crippen LogP contribution in [-0.2, 0) is 9.47 Å². The molecule has 0 bridgehead atoms. The van der Waals surface area contributed by atoms with Crippen molar-refractivity contribution in [2.45, 2.75) is 64.6 Å². The Bertz CT molecular complexity index is 422. The molecule has 2 saturated carbocycles. The predicted octanol–water partition coefficient (Wildman–Crippen LogP) is 3.30. The molecule has 0 aromatic carbocycles. The van der Waals surface area contributed by atoms with Crippen LogP contribution in [0.15, 0.2) is 10.3 Å². The molecule has 0 aromatic heterocycles. The quantitative estimate of drug-likeness (QED) is 0.613. The highest BCUT2D eigenvalue weighted by Gasteiger charge is 2.43. The molecule has 4 atom stereocenters. The van der Waals surface area contributed by atoms with Gasteiger partial charge in [-0.1, -0.05) is 24.2 Å². The fraction of sp³-hybridized carbons (Fsp3) is 0.882. The summed E-state index contributed by atoms with van der Waals surface area (Å²) >= 11 is 0. The summed E-state index contributed by atoms with van der Waals surface area (Å²) in [6.45, 7) is 4.57. The largest absolute Gasteiger partial charge is 0.411 e. The first kappa shape index (κ1) is 18.2. The van der Waals surface area contributed by atoms with Crippen LogP contribution in [0, 0.1) is 17.3 Å². The molecule has 23 heavy (non-hydrogen) atoms. The summed E-state index contributed by atoms with van der Waals surface area (Å²) in [4.78, 5) is 0. The minimum atomic E-state index is -0.0640. The van der Waals surface area contributed by atoms with E-state index in [0.717, 1.165) is 49.9 Å². The maximum Gasteiger partial charge on any atom is 0.0985 e. The van der Waals surface area contributed by atoms with E-state index in [2.05, 4.69) is 24.2 Å². The number of ether oxygens (including phenoxy) is 2. The van der Waals surface area contributed by atoms with Crippen LogP contribution in [-0.4, -0.2) is 48.3 Å². The summed E-state index contributed by atoms with van der Waals surface area (Å²) in [5.74, 6) is 0.868. The molecule has 0 saturated heterocycles. The number of methoxy groups -OCH3 is 2. The number of oxime groups is 2. The second-order valence-electron chi connectivity index (χ2n) is 7.41. The van der Waals surface area contributed by atoms with Crippen LogP contribution >= 0.6 is 0 Å². The van der Waals surface area contributed by atoms with Gasteiger partial charge in [0.15, 0.2) is 0 Å². The van der Waals surface area contributed by atoms with E-state index in [1.165, 1.54) is 0 Å². The molecule has 132 valence electrons. The van der Waals surface area contributed by atoms with Gasteiger partial charge in [-0.2, -0.15) is 0 Å². The smallest absolute Gasteiger partial charge is 0.0985 e. The Kier molecular flexibility index (Phi) is 6.03. The van der Waals surface area contributed by atoms with Crippen molar-refractivity contribution in [1.82, 2.24) is 0 Å². The topological polar surface area (TPSA) is 83.6 Å². The lowest BCUT2D eigenvalue weighted by Crippen LogP contribution is -2.44. The Morgan fingerprint density at radius 2 is 1.22 bits per heavy atom. The third kappa shape index (κ3) is 3.69. The van der Waals surface area contributed by atoms with Crippen molar-refractivity contribution >= 4 is 11.4 Å². The highest BCUT2D eigenvalue weighted by atomic mass is 16.5. The first-order valence-electron chi connectivity index (χ1n) is 8.45. The van der Waals surface area contributed by atoms with Crippen molar-refractivity contribution in [3.8, 4) is 0 Å². The first-order chi connectivity index (χ1) is 11.0. The second-order valence-corrected chi connectivity index (χ2v) is 7.41. The van der Waals surface area contributed by atoms with Crippen LogP contribution in [0.3, 0.4) is 0 Å². The molecule has 2 fully saturated rings. The van der Waals surface area contributed by atoms with E-state index in [0.29, 0.717) is 11.8 Å². The maximum atomic E-state index is 9.27. The normalized spacial score (nSPS) is 36.5. The Hall–Kier alpha value is -1.14. The van der Waals surface area contributed by atoms with Crippen molar-refractivity contribution in [3.63, 3.8) is 0 Å². The molecule has 6 nitrogen and oxygen atoms in total. The summed E-state index contributed by atoms with van der Waals surface area (Å²) < 4.78 is 10.8. The summed E-state index contributed by atoms with van der Waals surface area (Å²) in [6.07, 6.45) is 5.28. The van der Waals surface area contributed by atoms with Crippen LogP contribution in [0.1, 0.15) is 52.4 Å². The lowest BCUT2D eigenvalue weighted by atomic mass is 9.60. The summed E-state index contributed by atoms with van der Waals surface area (Å²) in [7, 11) is 3.33. The van der Waals surface area contributed by atoms with E-state index in [1.54, 1.807) is 14.2 Å². The molecule has 4 unspecified atom stereocenters. The van der Waals surface area contributed by atoms with Crippen molar-refractivity contribution in [2.24, 2.45) is 27.6 Å². The average Bonchev–Trinajstić information content (AvgIpc) is 2.60. The van der Waals surface area contributed by atoms with Gasteiger partial charge in [-0.05, 0) is 55.8 Å². The van der Waals surface area contributed by atoms with Crippen LogP contribution in [0.25, 0.3) is 0 Å². The molecule has 2 aliphatic carbocycles. The molecule has 0 aliphatic heterocycles. The number of hydrogen-bond acceptors (Lipinski definition) is 6. The van der Waals surface area contributed by atoms with E-state index in [4.69, 9.17) is 9.47 Å². The van der Waals surface area contributed by atoms with Gasteiger partial charge in [0.25, 0.3) is 0 Å². The van der Waals surface area contributed by atoms with E-state index in [1.807, 2.05) is 0 Å². The standard InChI is InChI=1S/C17H30N2O4/c1-17(2,11-5-7-15(22-3)13(9-11)18-20)12-6-8-16(23-4)14(10-12)19-21/h11-12,15-16,20-21H,5-10H2,1-4H3. The van der Waals surface area contributed by atoms with Crippen LogP contribution in [0.4, 0.5) is 0 Å². The zero-order valence-electron chi connectivity index (χ0n) is 14.7. The van der Waals surface area contributed by atoms with Gasteiger partial charge >= 0.3 is 0 Å². The Morgan fingerprint density at radius 3 is 1.52 bits per heavy atom. The average molecular weight is 326 g/mol. The van der Waals surface area contributed by atoms with Crippen molar-refractivity contribution < 1.29 is 19.9 Å². The monoisotopic (exact) mass is 326 g/mol. The first-order valence-corrected chi connectivity index (χ1v) is 8.45. The van der Waals surface area contributed by atoms with E-state index >= 15 is 0 Å². The molecular formula is C17H30N2O4. The lowest BCUT2D eigenvalue weighted by molar-refractivity contribution is 0.0445. The summed E-state index contributed by atoms with van der Waals surface area (Å²) in [6, 6.07) is 0. The fourth-order valence-electron chi connectivity index (χ4n) is 4.33. The summed E-state index contributed by atoms with van der Waals surface area (Å²) in [5.41, 5.74) is 1.57. The third-order valence-corrected chi connectivity index (χ3v) is 6.14. The van der Waals surface area contributed by atoms with Gasteiger partial charge in [-0.15, -0.1) is 0 Å². The molecule has 6 heteroatoms. The number of rotatable bonds is 4. The molecule has 0 aromatic rings.